The smallest absolute Gasteiger partial charge is 0.235 e. The van der Waals surface area contributed by atoms with Crippen LogP contribution in [0.4, 0.5) is 8.78 Å². The molecule has 0 aliphatic rings. The van der Waals surface area contributed by atoms with Gasteiger partial charge in [-0.2, -0.15) is 4.39 Å². The first kappa shape index (κ1) is 12.8. The number of ketones is 1. The fraction of sp³-hybridized carbons (Fsp3) is 0.0833. The molecule has 0 aliphatic heterocycles. The van der Waals surface area contributed by atoms with Gasteiger partial charge in [0.1, 0.15) is 0 Å². The molecule has 0 atom stereocenters. The molecule has 0 radical (unpaired) electrons. The Morgan fingerprint density at radius 1 is 1.39 bits per heavy atom. The van der Waals surface area contributed by atoms with Crippen LogP contribution < -0.4 is 4.74 Å². The van der Waals surface area contributed by atoms with Gasteiger partial charge in [0.25, 0.3) is 0 Å². The summed E-state index contributed by atoms with van der Waals surface area (Å²) in [5.74, 6) is -2.87. The third kappa shape index (κ3) is 2.76. The Labute approximate surface area is 109 Å². The van der Waals surface area contributed by atoms with Crippen molar-refractivity contribution in [2.75, 3.05) is 6.61 Å². The number of hydrogen-bond donors (Lipinski definition) is 0. The van der Waals surface area contributed by atoms with Crippen LogP contribution in [0.5, 0.6) is 5.75 Å². The van der Waals surface area contributed by atoms with E-state index in [0.29, 0.717) is 4.47 Å². The standard InChI is InChI=1S/C12H7BrF2O3/c13-7-4-8(14)12(15)11(5-7)18-6-9(16)10-2-1-3-17-10/h1-5H,6H2. The van der Waals surface area contributed by atoms with Crippen LogP contribution in [-0.4, -0.2) is 12.4 Å². The number of rotatable bonds is 4. The third-order valence-corrected chi connectivity index (χ3v) is 2.57. The van der Waals surface area contributed by atoms with Gasteiger partial charge >= 0.3 is 0 Å². The molecule has 1 aromatic carbocycles. The normalized spacial score (nSPS) is 10.4. The first-order valence-corrected chi connectivity index (χ1v) is 5.71. The summed E-state index contributed by atoms with van der Waals surface area (Å²) in [4.78, 5) is 11.5. The highest BCUT2D eigenvalue weighted by Gasteiger charge is 2.14. The summed E-state index contributed by atoms with van der Waals surface area (Å²) >= 11 is 3.00. The average Bonchev–Trinajstić information content (AvgIpc) is 2.85. The van der Waals surface area contributed by atoms with Gasteiger partial charge in [0, 0.05) is 4.47 Å². The van der Waals surface area contributed by atoms with E-state index in [0.717, 1.165) is 6.07 Å². The number of halogens is 3. The lowest BCUT2D eigenvalue weighted by atomic mass is 10.3. The molecule has 0 bridgehead atoms. The zero-order chi connectivity index (χ0) is 13.1. The van der Waals surface area contributed by atoms with Crippen LogP contribution in [0.15, 0.2) is 39.4 Å². The van der Waals surface area contributed by atoms with Crippen LogP contribution >= 0.6 is 15.9 Å². The van der Waals surface area contributed by atoms with Gasteiger partial charge in [-0.3, -0.25) is 4.79 Å². The monoisotopic (exact) mass is 316 g/mol. The molecule has 2 rings (SSSR count). The number of Topliss-reactive ketones (excluding diaryl/α,β-unsaturated/α-hetero) is 1. The maximum Gasteiger partial charge on any atom is 0.235 e. The predicted molar refractivity (Wildman–Crippen MR) is 62.6 cm³/mol. The lowest BCUT2D eigenvalue weighted by Crippen LogP contribution is -2.11. The summed E-state index contributed by atoms with van der Waals surface area (Å²) in [5, 5.41) is 0. The molecule has 3 nitrogen and oxygen atoms in total. The minimum Gasteiger partial charge on any atom is -0.482 e. The van der Waals surface area contributed by atoms with E-state index in [1.165, 1.54) is 18.4 Å². The quantitative estimate of drug-likeness (QED) is 0.639. The van der Waals surface area contributed by atoms with Gasteiger partial charge in [0.15, 0.2) is 23.9 Å². The van der Waals surface area contributed by atoms with Crippen molar-refractivity contribution in [1.82, 2.24) is 0 Å². The molecule has 0 amide bonds. The maximum atomic E-state index is 13.3. The Morgan fingerprint density at radius 2 is 2.17 bits per heavy atom. The summed E-state index contributed by atoms with van der Waals surface area (Å²) in [6.07, 6.45) is 1.34. The Balaban J connectivity index is 2.09. The molecule has 0 saturated heterocycles. The van der Waals surface area contributed by atoms with Gasteiger partial charge < -0.3 is 9.15 Å². The van der Waals surface area contributed by atoms with Crippen LogP contribution in [0.25, 0.3) is 0 Å². The van der Waals surface area contributed by atoms with Crippen LogP contribution in [-0.2, 0) is 0 Å². The van der Waals surface area contributed by atoms with Gasteiger partial charge in [-0.15, -0.1) is 0 Å². The van der Waals surface area contributed by atoms with E-state index in [9.17, 15) is 13.6 Å². The molecule has 0 saturated carbocycles. The zero-order valence-electron chi connectivity index (χ0n) is 8.95. The zero-order valence-corrected chi connectivity index (χ0v) is 10.5. The molecule has 0 aliphatic carbocycles. The molecule has 0 spiro atoms. The second kappa shape index (κ2) is 5.30. The van der Waals surface area contributed by atoms with Crippen molar-refractivity contribution < 1.29 is 22.7 Å². The summed E-state index contributed by atoms with van der Waals surface area (Å²) in [7, 11) is 0. The molecule has 2 aromatic rings. The van der Waals surface area contributed by atoms with E-state index < -0.39 is 24.0 Å². The van der Waals surface area contributed by atoms with Crippen molar-refractivity contribution in [2.24, 2.45) is 0 Å². The van der Waals surface area contributed by atoms with Crippen LogP contribution in [0.1, 0.15) is 10.6 Å². The van der Waals surface area contributed by atoms with E-state index in [1.54, 1.807) is 6.07 Å². The molecule has 6 heteroatoms. The third-order valence-electron chi connectivity index (χ3n) is 2.11. The number of carbonyl (C=O) groups excluding carboxylic acids is 1. The molecule has 18 heavy (non-hydrogen) atoms. The van der Waals surface area contributed by atoms with Crippen molar-refractivity contribution >= 4 is 21.7 Å². The second-order valence-corrected chi connectivity index (χ2v) is 4.30. The number of furan rings is 1. The Kier molecular flexibility index (Phi) is 3.76. The molecule has 1 heterocycles. The van der Waals surface area contributed by atoms with E-state index in [1.807, 2.05) is 0 Å². The molecule has 0 N–H and O–H groups in total. The first-order valence-electron chi connectivity index (χ1n) is 4.92. The van der Waals surface area contributed by atoms with Gasteiger partial charge in [-0.25, -0.2) is 4.39 Å². The molecule has 0 fully saturated rings. The number of hydrogen-bond acceptors (Lipinski definition) is 3. The van der Waals surface area contributed by atoms with Crippen molar-refractivity contribution in [2.45, 2.75) is 0 Å². The van der Waals surface area contributed by atoms with E-state index >= 15 is 0 Å². The summed E-state index contributed by atoms with van der Waals surface area (Å²) < 4.78 is 36.5. The molecule has 1 aromatic heterocycles. The van der Waals surface area contributed by atoms with Gasteiger partial charge in [-0.1, -0.05) is 15.9 Å². The Bertz CT molecular complexity index is 567. The van der Waals surface area contributed by atoms with Crippen molar-refractivity contribution in [1.29, 1.82) is 0 Å². The van der Waals surface area contributed by atoms with E-state index in [4.69, 9.17) is 9.15 Å². The molecule has 0 unspecified atom stereocenters. The molecular formula is C12H7BrF2O3. The van der Waals surface area contributed by atoms with Crippen LogP contribution in [0, 0.1) is 11.6 Å². The summed E-state index contributed by atoms with van der Waals surface area (Å²) in [5.41, 5.74) is 0. The first-order chi connectivity index (χ1) is 8.58. The number of carbonyl (C=O) groups is 1. The minimum atomic E-state index is -1.13. The van der Waals surface area contributed by atoms with Crippen molar-refractivity contribution in [3.05, 3.63) is 52.4 Å². The number of benzene rings is 1. The average molecular weight is 317 g/mol. The molecule has 94 valence electrons. The largest absolute Gasteiger partial charge is 0.482 e. The van der Waals surface area contributed by atoms with E-state index in [2.05, 4.69) is 15.9 Å². The molecular weight excluding hydrogens is 310 g/mol. The van der Waals surface area contributed by atoms with Gasteiger partial charge in [-0.05, 0) is 24.3 Å². The van der Waals surface area contributed by atoms with Gasteiger partial charge in [0.05, 0.1) is 6.26 Å². The predicted octanol–water partition coefficient (Wildman–Crippen LogP) is 3.58. The highest BCUT2D eigenvalue weighted by Crippen LogP contribution is 2.25. The Morgan fingerprint density at radius 3 is 2.83 bits per heavy atom. The Hall–Kier alpha value is -1.69. The maximum absolute atomic E-state index is 13.3. The number of ether oxygens (including phenoxy) is 1. The lowest BCUT2D eigenvalue weighted by molar-refractivity contribution is 0.0890. The lowest BCUT2D eigenvalue weighted by Gasteiger charge is -2.06. The van der Waals surface area contributed by atoms with Gasteiger partial charge in [0.2, 0.25) is 11.6 Å². The second-order valence-electron chi connectivity index (χ2n) is 3.39. The topological polar surface area (TPSA) is 39.4 Å². The van der Waals surface area contributed by atoms with Crippen molar-refractivity contribution in [3.63, 3.8) is 0 Å². The highest BCUT2D eigenvalue weighted by atomic mass is 79.9. The minimum absolute atomic E-state index is 0.103. The summed E-state index contributed by atoms with van der Waals surface area (Å²) in [6.45, 7) is -0.430. The fourth-order valence-corrected chi connectivity index (χ4v) is 1.70. The highest BCUT2D eigenvalue weighted by molar-refractivity contribution is 9.10. The SMILES string of the molecule is O=C(COc1cc(Br)cc(F)c1F)c1ccco1. The summed E-state index contributed by atoms with van der Waals surface area (Å²) in [6, 6.07) is 5.22. The fourth-order valence-electron chi connectivity index (χ4n) is 1.29. The van der Waals surface area contributed by atoms with E-state index in [-0.39, 0.29) is 11.5 Å². The van der Waals surface area contributed by atoms with Crippen molar-refractivity contribution in [3.8, 4) is 5.75 Å². The van der Waals surface area contributed by atoms with Crippen LogP contribution in [0.3, 0.4) is 0 Å². The van der Waals surface area contributed by atoms with Crippen LogP contribution in [0.2, 0.25) is 0 Å².